The summed E-state index contributed by atoms with van der Waals surface area (Å²) in [7, 11) is 0. The highest BCUT2D eigenvalue weighted by atomic mass is 32.1. The number of thiazole rings is 1. The molecular formula is C16H17NO3S. The highest BCUT2D eigenvalue weighted by Gasteiger charge is 2.36. The Bertz CT molecular complexity index is 645. The van der Waals surface area contributed by atoms with Crippen molar-refractivity contribution in [1.29, 1.82) is 0 Å². The number of aliphatic carboxylic acids is 1. The van der Waals surface area contributed by atoms with Gasteiger partial charge < -0.3 is 9.84 Å². The van der Waals surface area contributed by atoms with Crippen LogP contribution in [0, 0.1) is 0 Å². The molecule has 1 aromatic heterocycles. The van der Waals surface area contributed by atoms with Gasteiger partial charge in [-0.25, -0.2) is 4.98 Å². The largest absolute Gasteiger partial charge is 0.481 e. The van der Waals surface area contributed by atoms with E-state index < -0.39 is 5.97 Å². The zero-order chi connectivity index (χ0) is 14.9. The Morgan fingerprint density at radius 3 is 2.81 bits per heavy atom. The molecule has 0 amide bonds. The Kier molecular flexibility index (Phi) is 3.78. The average Bonchev–Trinajstić information content (AvgIpc) is 3.07. The number of hydrogen-bond acceptors (Lipinski definition) is 4. The zero-order valence-electron chi connectivity index (χ0n) is 11.8. The van der Waals surface area contributed by atoms with Crippen LogP contribution < -0.4 is 0 Å². The molecule has 4 nitrogen and oxygen atoms in total. The van der Waals surface area contributed by atoms with Crippen molar-refractivity contribution in [1.82, 2.24) is 4.98 Å². The third kappa shape index (κ3) is 2.84. The van der Waals surface area contributed by atoms with Gasteiger partial charge in [0.15, 0.2) is 0 Å². The molecule has 1 aliphatic heterocycles. The lowest BCUT2D eigenvalue weighted by molar-refractivity contribution is -0.136. The van der Waals surface area contributed by atoms with Gasteiger partial charge >= 0.3 is 5.97 Å². The van der Waals surface area contributed by atoms with E-state index in [9.17, 15) is 4.79 Å². The van der Waals surface area contributed by atoms with Gasteiger partial charge in [0.05, 0.1) is 12.1 Å². The van der Waals surface area contributed by atoms with Crippen molar-refractivity contribution in [3.63, 3.8) is 0 Å². The van der Waals surface area contributed by atoms with Gasteiger partial charge in [-0.15, -0.1) is 11.3 Å². The molecule has 2 aromatic rings. The number of carboxylic acids is 1. The molecule has 1 N–H and O–H groups in total. The number of carbonyl (C=O) groups is 1. The van der Waals surface area contributed by atoms with Gasteiger partial charge in [0.2, 0.25) is 0 Å². The van der Waals surface area contributed by atoms with E-state index in [1.807, 2.05) is 37.3 Å². The Morgan fingerprint density at radius 1 is 1.43 bits per heavy atom. The molecule has 1 unspecified atom stereocenters. The third-order valence-electron chi connectivity index (χ3n) is 3.73. The number of ether oxygens (including phenoxy) is 1. The predicted octanol–water partition coefficient (Wildman–Crippen LogP) is 3.46. The van der Waals surface area contributed by atoms with Gasteiger partial charge in [0.25, 0.3) is 0 Å². The Balaban J connectivity index is 2.05. The summed E-state index contributed by atoms with van der Waals surface area (Å²) in [6.07, 6.45) is 1.95. The number of carboxylic acid groups (broad SMARTS) is 1. The molecular weight excluding hydrogens is 286 g/mol. The lowest BCUT2D eigenvalue weighted by atomic mass is 10.0. The third-order valence-corrected chi connectivity index (χ3v) is 5.03. The topological polar surface area (TPSA) is 59.4 Å². The van der Waals surface area contributed by atoms with Crippen LogP contribution in [-0.2, 0) is 21.6 Å². The van der Waals surface area contributed by atoms with Gasteiger partial charge in [-0.3, -0.25) is 4.79 Å². The highest BCUT2D eigenvalue weighted by Crippen LogP contribution is 2.41. The Labute approximate surface area is 127 Å². The summed E-state index contributed by atoms with van der Waals surface area (Å²) in [6.45, 7) is 2.78. The van der Waals surface area contributed by atoms with Crippen LogP contribution in [0.3, 0.4) is 0 Å². The molecule has 21 heavy (non-hydrogen) atoms. The first-order valence-electron chi connectivity index (χ1n) is 7.00. The molecule has 1 aliphatic rings. The summed E-state index contributed by atoms with van der Waals surface area (Å²) in [5.74, 6) is -0.833. The van der Waals surface area contributed by atoms with Crippen molar-refractivity contribution in [3.05, 3.63) is 40.2 Å². The van der Waals surface area contributed by atoms with E-state index in [0.29, 0.717) is 0 Å². The van der Waals surface area contributed by atoms with E-state index in [1.54, 1.807) is 0 Å². The van der Waals surface area contributed by atoms with Crippen LogP contribution in [0.2, 0.25) is 0 Å². The molecule has 1 atom stereocenters. The fourth-order valence-corrected chi connectivity index (χ4v) is 3.81. The Morgan fingerprint density at radius 2 is 2.19 bits per heavy atom. The van der Waals surface area contributed by atoms with E-state index in [0.717, 1.165) is 40.6 Å². The van der Waals surface area contributed by atoms with Crippen molar-refractivity contribution in [2.45, 2.75) is 31.8 Å². The van der Waals surface area contributed by atoms with Crippen molar-refractivity contribution >= 4 is 17.3 Å². The SMILES string of the molecule is CC1(c2nc(-c3ccccc3)c(CC(=O)O)s2)CCCO1. The van der Waals surface area contributed by atoms with E-state index in [1.165, 1.54) is 11.3 Å². The lowest BCUT2D eigenvalue weighted by Crippen LogP contribution is -2.19. The summed E-state index contributed by atoms with van der Waals surface area (Å²) >= 11 is 1.46. The number of nitrogens with zero attached hydrogens (tertiary/aromatic N) is 1. The second-order valence-electron chi connectivity index (χ2n) is 5.41. The number of aromatic nitrogens is 1. The summed E-state index contributed by atoms with van der Waals surface area (Å²) in [5, 5.41) is 10.0. The quantitative estimate of drug-likeness (QED) is 0.939. The first kappa shape index (κ1) is 14.2. The summed E-state index contributed by atoms with van der Waals surface area (Å²) in [4.78, 5) is 16.6. The molecule has 0 spiro atoms. The molecule has 2 heterocycles. The fraction of sp³-hybridized carbons (Fsp3) is 0.375. The second-order valence-corrected chi connectivity index (χ2v) is 6.49. The predicted molar refractivity (Wildman–Crippen MR) is 81.4 cm³/mol. The maximum Gasteiger partial charge on any atom is 0.308 e. The highest BCUT2D eigenvalue weighted by molar-refractivity contribution is 7.12. The fourth-order valence-electron chi connectivity index (χ4n) is 2.60. The molecule has 3 rings (SSSR count). The molecule has 0 aliphatic carbocycles. The minimum absolute atomic E-state index is 0.00201. The van der Waals surface area contributed by atoms with Gasteiger partial charge in [-0.1, -0.05) is 30.3 Å². The van der Waals surface area contributed by atoms with E-state index >= 15 is 0 Å². The van der Waals surface area contributed by atoms with E-state index in [4.69, 9.17) is 14.8 Å². The summed E-state index contributed by atoms with van der Waals surface area (Å²) in [6, 6.07) is 9.73. The number of rotatable bonds is 4. The molecule has 1 saturated heterocycles. The summed E-state index contributed by atoms with van der Waals surface area (Å²) < 4.78 is 5.84. The van der Waals surface area contributed by atoms with E-state index in [2.05, 4.69) is 0 Å². The second kappa shape index (κ2) is 5.58. The zero-order valence-corrected chi connectivity index (χ0v) is 12.7. The van der Waals surface area contributed by atoms with Crippen LogP contribution in [-0.4, -0.2) is 22.7 Å². The first-order chi connectivity index (χ1) is 10.1. The standard InChI is InChI=1S/C16H17NO3S/c1-16(8-5-9-20-16)15-17-14(11-6-3-2-4-7-11)12(21-15)10-13(18)19/h2-4,6-7H,5,8-10H2,1H3,(H,18,19). The van der Waals surface area contributed by atoms with Crippen molar-refractivity contribution in [3.8, 4) is 11.3 Å². The average molecular weight is 303 g/mol. The number of hydrogen-bond donors (Lipinski definition) is 1. The normalized spacial score (nSPS) is 21.6. The Hall–Kier alpha value is -1.72. The van der Waals surface area contributed by atoms with Gasteiger partial charge in [-0.05, 0) is 19.8 Å². The first-order valence-corrected chi connectivity index (χ1v) is 7.81. The van der Waals surface area contributed by atoms with Crippen LogP contribution in [0.5, 0.6) is 0 Å². The molecule has 110 valence electrons. The summed E-state index contributed by atoms with van der Waals surface area (Å²) in [5.41, 5.74) is 1.36. The molecule has 0 bridgehead atoms. The molecule has 0 radical (unpaired) electrons. The maximum absolute atomic E-state index is 11.1. The number of benzene rings is 1. The van der Waals surface area contributed by atoms with Crippen LogP contribution in [0.15, 0.2) is 30.3 Å². The van der Waals surface area contributed by atoms with Crippen LogP contribution in [0.4, 0.5) is 0 Å². The molecule has 1 aromatic carbocycles. The van der Waals surface area contributed by atoms with Crippen LogP contribution >= 0.6 is 11.3 Å². The van der Waals surface area contributed by atoms with Crippen molar-refractivity contribution < 1.29 is 14.6 Å². The molecule has 1 fully saturated rings. The maximum atomic E-state index is 11.1. The van der Waals surface area contributed by atoms with Crippen molar-refractivity contribution in [2.75, 3.05) is 6.61 Å². The monoisotopic (exact) mass is 303 g/mol. The van der Waals surface area contributed by atoms with E-state index in [-0.39, 0.29) is 12.0 Å². The van der Waals surface area contributed by atoms with Crippen LogP contribution in [0.1, 0.15) is 29.7 Å². The van der Waals surface area contributed by atoms with Crippen molar-refractivity contribution in [2.24, 2.45) is 0 Å². The van der Waals surface area contributed by atoms with Crippen LogP contribution in [0.25, 0.3) is 11.3 Å². The lowest BCUT2D eigenvalue weighted by Gasteiger charge is -2.19. The molecule has 0 saturated carbocycles. The minimum Gasteiger partial charge on any atom is -0.481 e. The van der Waals surface area contributed by atoms with Gasteiger partial charge in [-0.2, -0.15) is 0 Å². The van der Waals surface area contributed by atoms with Gasteiger partial charge in [0, 0.05) is 17.0 Å². The molecule has 5 heteroatoms. The minimum atomic E-state index is -0.833. The smallest absolute Gasteiger partial charge is 0.308 e. The van der Waals surface area contributed by atoms with Gasteiger partial charge in [0.1, 0.15) is 10.6 Å².